The van der Waals surface area contributed by atoms with Gasteiger partial charge in [0.25, 0.3) is 0 Å². The van der Waals surface area contributed by atoms with Crippen molar-refractivity contribution in [2.75, 3.05) is 23.8 Å². The van der Waals surface area contributed by atoms with Crippen molar-refractivity contribution in [2.45, 2.75) is 47.3 Å². The molecule has 0 spiro atoms. The lowest BCUT2D eigenvalue weighted by atomic mass is 10.2. The number of nitrogen functional groups attached to an aromatic ring is 1. The first kappa shape index (κ1) is 15.7. The summed E-state index contributed by atoms with van der Waals surface area (Å²) in [5, 5.41) is 0. The largest absolute Gasteiger partial charge is 0.384 e. The number of rotatable bonds is 7. The van der Waals surface area contributed by atoms with Crippen LogP contribution < -0.4 is 10.6 Å². The number of anilines is 2. The van der Waals surface area contributed by atoms with Gasteiger partial charge in [0, 0.05) is 25.3 Å². The highest BCUT2D eigenvalue weighted by atomic mass is 16.5. The minimum atomic E-state index is 0.372. The fourth-order valence-corrected chi connectivity index (χ4v) is 1.87. The molecule has 108 valence electrons. The van der Waals surface area contributed by atoms with Crippen molar-refractivity contribution < 1.29 is 4.74 Å². The van der Waals surface area contributed by atoms with Crippen LogP contribution in [0.15, 0.2) is 6.07 Å². The van der Waals surface area contributed by atoms with Crippen LogP contribution in [-0.2, 0) is 11.3 Å². The Balaban J connectivity index is 2.98. The molecule has 0 saturated carbocycles. The zero-order chi connectivity index (χ0) is 14.4. The minimum Gasteiger partial charge on any atom is -0.384 e. The van der Waals surface area contributed by atoms with E-state index in [0.29, 0.717) is 36.8 Å². The first-order chi connectivity index (χ1) is 8.93. The van der Waals surface area contributed by atoms with Crippen molar-refractivity contribution in [2.24, 2.45) is 5.92 Å². The smallest absolute Gasteiger partial charge is 0.158 e. The normalized spacial score (nSPS) is 11.3. The summed E-state index contributed by atoms with van der Waals surface area (Å²) in [5.41, 5.74) is 5.87. The van der Waals surface area contributed by atoms with Crippen molar-refractivity contribution >= 4 is 11.6 Å². The van der Waals surface area contributed by atoms with Gasteiger partial charge in [-0.25, -0.2) is 9.97 Å². The zero-order valence-electron chi connectivity index (χ0n) is 12.7. The predicted molar refractivity (Wildman–Crippen MR) is 79.1 cm³/mol. The van der Waals surface area contributed by atoms with Gasteiger partial charge in [-0.2, -0.15) is 0 Å². The van der Waals surface area contributed by atoms with E-state index < -0.39 is 0 Å². The second-order valence-corrected chi connectivity index (χ2v) is 5.34. The fourth-order valence-electron chi connectivity index (χ4n) is 1.87. The first-order valence-corrected chi connectivity index (χ1v) is 6.91. The molecular weight excluding hydrogens is 240 g/mol. The predicted octanol–water partition coefficient (Wildman–Crippen LogP) is 2.47. The summed E-state index contributed by atoms with van der Waals surface area (Å²) in [5.74, 6) is 2.58. The van der Waals surface area contributed by atoms with Gasteiger partial charge >= 0.3 is 0 Å². The van der Waals surface area contributed by atoms with Gasteiger partial charge in [0.1, 0.15) is 18.2 Å². The number of ether oxygens (including phenoxy) is 1. The molecule has 0 radical (unpaired) electrons. The number of nitrogens with zero attached hydrogens (tertiary/aromatic N) is 3. The summed E-state index contributed by atoms with van der Waals surface area (Å²) in [6, 6.07) is 2.20. The summed E-state index contributed by atoms with van der Waals surface area (Å²) < 4.78 is 5.35. The molecule has 5 heteroatoms. The van der Waals surface area contributed by atoms with E-state index in [4.69, 9.17) is 10.5 Å². The van der Waals surface area contributed by atoms with Crippen molar-refractivity contribution in [3.63, 3.8) is 0 Å². The Morgan fingerprint density at radius 2 is 1.95 bits per heavy atom. The van der Waals surface area contributed by atoms with Gasteiger partial charge in [-0.1, -0.05) is 13.8 Å². The van der Waals surface area contributed by atoms with Crippen LogP contribution in [0.5, 0.6) is 0 Å². The van der Waals surface area contributed by atoms with Crippen LogP contribution in [-0.4, -0.2) is 29.2 Å². The van der Waals surface area contributed by atoms with Crippen molar-refractivity contribution in [3.8, 4) is 0 Å². The van der Waals surface area contributed by atoms with Crippen molar-refractivity contribution in [1.29, 1.82) is 0 Å². The standard InChI is InChI=1S/C14H26N4O/c1-6-19-9-13-16-12(15)7-14(17-13)18(11(4)5)8-10(2)3/h7,10-11H,6,8-9H2,1-5H3,(H2,15,16,17). The molecule has 0 atom stereocenters. The summed E-state index contributed by atoms with van der Waals surface area (Å²) >= 11 is 0. The number of hydrogen-bond donors (Lipinski definition) is 1. The summed E-state index contributed by atoms with van der Waals surface area (Å²) in [7, 11) is 0. The zero-order valence-corrected chi connectivity index (χ0v) is 12.7. The van der Waals surface area contributed by atoms with Crippen LogP contribution in [0.1, 0.15) is 40.4 Å². The molecule has 5 nitrogen and oxygen atoms in total. The monoisotopic (exact) mass is 266 g/mol. The summed E-state index contributed by atoms with van der Waals surface area (Å²) in [6.07, 6.45) is 0. The Kier molecular flexibility index (Phi) is 6.02. The van der Waals surface area contributed by atoms with Gasteiger partial charge in [-0.15, -0.1) is 0 Å². The maximum Gasteiger partial charge on any atom is 0.158 e. The average molecular weight is 266 g/mol. The fraction of sp³-hybridized carbons (Fsp3) is 0.714. The lowest BCUT2D eigenvalue weighted by molar-refractivity contribution is 0.128. The molecular formula is C14H26N4O. The molecule has 0 aromatic carbocycles. The molecule has 0 aliphatic carbocycles. The highest BCUT2D eigenvalue weighted by Gasteiger charge is 2.15. The molecule has 0 unspecified atom stereocenters. The molecule has 1 aromatic heterocycles. The average Bonchev–Trinajstić information content (AvgIpc) is 2.32. The SMILES string of the molecule is CCOCc1nc(N)cc(N(CC(C)C)C(C)C)n1. The molecule has 0 aliphatic rings. The van der Waals surface area contributed by atoms with Crippen molar-refractivity contribution in [1.82, 2.24) is 9.97 Å². The third-order valence-corrected chi connectivity index (χ3v) is 2.69. The lowest BCUT2D eigenvalue weighted by Gasteiger charge is -2.29. The molecule has 0 saturated heterocycles. The number of nitrogens with two attached hydrogens (primary N) is 1. The maximum atomic E-state index is 5.87. The number of hydrogen-bond acceptors (Lipinski definition) is 5. The van der Waals surface area contributed by atoms with Gasteiger partial charge in [-0.3, -0.25) is 0 Å². The maximum absolute atomic E-state index is 5.87. The van der Waals surface area contributed by atoms with Gasteiger partial charge in [0.2, 0.25) is 0 Å². The molecule has 1 rings (SSSR count). The van der Waals surface area contributed by atoms with Gasteiger partial charge in [0.15, 0.2) is 5.82 Å². The van der Waals surface area contributed by atoms with Crippen LogP contribution >= 0.6 is 0 Å². The minimum absolute atomic E-state index is 0.372. The lowest BCUT2D eigenvalue weighted by Crippen LogP contribution is -2.35. The van der Waals surface area contributed by atoms with E-state index in [1.54, 1.807) is 0 Å². The second-order valence-electron chi connectivity index (χ2n) is 5.34. The van der Waals surface area contributed by atoms with E-state index in [-0.39, 0.29) is 0 Å². The Labute approximate surface area is 116 Å². The Morgan fingerprint density at radius 3 is 2.47 bits per heavy atom. The molecule has 19 heavy (non-hydrogen) atoms. The van der Waals surface area contributed by atoms with Crippen LogP contribution in [0.4, 0.5) is 11.6 Å². The Morgan fingerprint density at radius 1 is 1.26 bits per heavy atom. The van der Waals surface area contributed by atoms with E-state index in [1.807, 2.05) is 13.0 Å². The Hall–Kier alpha value is -1.36. The van der Waals surface area contributed by atoms with Crippen molar-refractivity contribution in [3.05, 3.63) is 11.9 Å². The third-order valence-electron chi connectivity index (χ3n) is 2.69. The van der Waals surface area contributed by atoms with E-state index in [2.05, 4.69) is 42.6 Å². The molecule has 0 aliphatic heterocycles. The second kappa shape index (κ2) is 7.28. The third kappa shape index (κ3) is 5.03. The van der Waals surface area contributed by atoms with E-state index in [9.17, 15) is 0 Å². The topological polar surface area (TPSA) is 64.3 Å². The Bertz CT molecular complexity index is 393. The molecule has 0 amide bonds. The summed E-state index contributed by atoms with van der Waals surface area (Å²) in [4.78, 5) is 11.0. The van der Waals surface area contributed by atoms with Crippen LogP contribution in [0.2, 0.25) is 0 Å². The van der Waals surface area contributed by atoms with Crippen LogP contribution in [0, 0.1) is 5.92 Å². The highest BCUT2D eigenvalue weighted by molar-refractivity contribution is 5.47. The van der Waals surface area contributed by atoms with Crippen LogP contribution in [0.25, 0.3) is 0 Å². The molecule has 0 fully saturated rings. The summed E-state index contributed by atoms with van der Waals surface area (Å²) in [6.45, 7) is 12.7. The molecule has 0 bridgehead atoms. The van der Waals surface area contributed by atoms with Gasteiger partial charge in [-0.05, 0) is 26.7 Å². The quantitative estimate of drug-likeness (QED) is 0.821. The molecule has 1 aromatic rings. The first-order valence-electron chi connectivity index (χ1n) is 6.91. The molecule has 2 N–H and O–H groups in total. The van der Waals surface area contributed by atoms with Gasteiger partial charge in [0.05, 0.1) is 0 Å². The highest BCUT2D eigenvalue weighted by Crippen LogP contribution is 2.18. The van der Waals surface area contributed by atoms with E-state index in [1.165, 1.54) is 0 Å². The number of aromatic nitrogens is 2. The van der Waals surface area contributed by atoms with Crippen LogP contribution in [0.3, 0.4) is 0 Å². The van der Waals surface area contributed by atoms with Gasteiger partial charge < -0.3 is 15.4 Å². The molecule has 1 heterocycles. The van der Waals surface area contributed by atoms with E-state index in [0.717, 1.165) is 12.4 Å². The van der Waals surface area contributed by atoms with E-state index >= 15 is 0 Å².